The number of ether oxygens (including phenoxy) is 1. The van der Waals surface area contributed by atoms with E-state index in [0.717, 1.165) is 37.0 Å². The van der Waals surface area contributed by atoms with Gasteiger partial charge in [0, 0.05) is 6.20 Å². The summed E-state index contributed by atoms with van der Waals surface area (Å²) in [5.41, 5.74) is 1.12. The first-order valence-corrected chi connectivity index (χ1v) is 8.34. The predicted molar refractivity (Wildman–Crippen MR) is 93.4 cm³/mol. The van der Waals surface area contributed by atoms with Crippen molar-refractivity contribution >= 4 is 5.97 Å². The van der Waals surface area contributed by atoms with Crippen LogP contribution < -0.4 is 4.74 Å². The first-order valence-electron chi connectivity index (χ1n) is 8.34. The fraction of sp³-hybridized carbons (Fsp3) is 0.278. The lowest BCUT2D eigenvalue weighted by Crippen LogP contribution is -2.01. The van der Waals surface area contributed by atoms with E-state index in [1.165, 1.54) is 12.4 Å². The molecule has 0 amide bonds. The number of pyridine rings is 2. The monoisotopic (exact) mass is 353 g/mol. The molecule has 8 nitrogen and oxygen atoms in total. The molecule has 0 radical (unpaired) electrons. The van der Waals surface area contributed by atoms with Gasteiger partial charge in [0.25, 0.3) is 0 Å². The van der Waals surface area contributed by atoms with Crippen molar-refractivity contribution in [1.82, 2.24) is 24.7 Å². The third-order valence-electron chi connectivity index (χ3n) is 3.80. The Kier molecular flexibility index (Phi) is 5.87. The number of aromatic carboxylic acids is 1. The SMILES string of the molecule is O=C(O)c1ccc(CCCCCOc2ccc(-n3cncn3)nc2)cn1. The van der Waals surface area contributed by atoms with Crippen molar-refractivity contribution in [3.63, 3.8) is 0 Å². The maximum Gasteiger partial charge on any atom is 0.354 e. The van der Waals surface area contributed by atoms with Gasteiger partial charge in [0.05, 0.1) is 12.8 Å². The molecule has 3 aromatic heterocycles. The Morgan fingerprint density at radius 2 is 2.00 bits per heavy atom. The van der Waals surface area contributed by atoms with E-state index in [1.54, 1.807) is 23.4 Å². The minimum atomic E-state index is -1.00. The summed E-state index contributed by atoms with van der Waals surface area (Å²) < 4.78 is 7.27. The molecule has 0 aliphatic heterocycles. The van der Waals surface area contributed by atoms with Gasteiger partial charge < -0.3 is 9.84 Å². The van der Waals surface area contributed by atoms with Crippen LogP contribution in [0.2, 0.25) is 0 Å². The van der Waals surface area contributed by atoms with Crippen LogP contribution in [0.15, 0.2) is 49.3 Å². The zero-order valence-electron chi connectivity index (χ0n) is 14.2. The molecule has 0 saturated carbocycles. The molecule has 0 aromatic carbocycles. The third kappa shape index (κ3) is 4.85. The second-order valence-electron chi connectivity index (χ2n) is 5.71. The van der Waals surface area contributed by atoms with Crippen LogP contribution in [0.25, 0.3) is 5.82 Å². The smallest absolute Gasteiger partial charge is 0.354 e. The van der Waals surface area contributed by atoms with Crippen LogP contribution in [0.3, 0.4) is 0 Å². The molecule has 0 bridgehead atoms. The Morgan fingerprint density at radius 1 is 1.08 bits per heavy atom. The fourth-order valence-electron chi connectivity index (χ4n) is 2.42. The highest BCUT2D eigenvalue weighted by Crippen LogP contribution is 2.12. The van der Waals surface area contributed by atoms with Gasteiger partial charge in [-0.2, -0.15) is 5.10 Å². The number of aryl methyl sites for hydroxylation is 1. The number of aromatic nitrogens is 5. The fourth-order valence-corrected chi connectivity index (χ4v) is 2.42. The maximum atomic E-state index is 10.8. The Labute approximate surface area is 150 Å². The molecule has 0 saturated heterocycles. The minimum Gasteiger partial charge on any atom is -0.492 e. The number of carbonyl (C=O) groups is 1. The molecule has 1 N–H and O–H groups in total. The second kappa shape index (κ2) is 8.70. The van der Waals surface area contributed by atoms with Crippen LogP contribution in [0.4, 0.5) is 0 Å². The summed E-state index contributed by atoms with van der Waals surface area (Å²) in [4.78, 5) is 22.8. The standard InChI is InChI=1S/C18H19N5O3/c24-18(25)16-7-5-14(10-20-16)4-2-1-3-9-26-15-6-8-17(21-11-15)23-13-19-12-22-23/h5-8,10-13H,1-4,9H2,(H,24,25). The average Bonchev–Trinajstić information content (AvgIpc) is 3.20. The van der Waals surface area contributed by atoms with Crippen molar-refractivity contribution in [3.05, 3.63) is 60.6 Å². The van der Waals surface area contributed by atoms with Crippen molar-refractivity contribution in [1.29, 1.82) is 0 Å². The highest BCUT2D eigenvalue weighted by Gasteiger charge is 2.03. The summed E-state index contributed by atoms with van der Waals surface area (Å²) >= 11 is 0. The summed E-state index contributed by atoms with van der Waals surface area (Å²) in [7, 11) is 0. The van der Waals surface area contributed by atoms with E-state index in [0.29, 0.717) is 12.4 Å². The summed E-state index contributed by atoms with van der Waals surface area (Å²) in [6.45, 7) is 0.626. The molecule has 0 aliphatic rings. The van der Waals surface area contributed by atoms with E-state index in [4.69, 9.17) is 9.84 Å². The zero-order valence-corrected chi connectivity index (χ0v) is 14.2. The summed E-state index contributed by atoms with van der Waals surface area (Å²) in [6.07, 6.45) is 10.2. The van der Waals surface area contributed by atoms with Gasteiger partial charge in [-0.3, -0.25) is 0 Å². The van der Waals surface area contributed by atoms with Crippen LogP contribution in [-0.4, -0.2) is 42.4 Å². The minimum absolute atomic E-state index is 0.0746. The van der Waals surface area contributed by atoms with Gasteiger partial charge in [-0.05, 0) is 49.4 Å². The van der Waals surface area contributed by atoms with Gasteiger partial charge in [0.15, 0.2) is 5.82 Å². The second-order valence-corrected chi connectivity index (χ2v) is 5.71. The van der Waals surface area contributed by atoms with E-state index in [2.05, 4.69) is 20.1 Å². The van der Waals surface area contributed by atoms with E-state index in [-0.39, 0.29) is 5.69 Å². The lowest BCUT2D eigenvalue weighted by Gasteiger charge is -2.07. The van der Waals surface area contributed by atoms with Gasteiger partial charge in [0.2, 0.25) is 0 Å². The molecule has 0 atom stereocenters. The molecular weight excluding hydrogens is 334 g/mol. The molecular formula is C18H19N5O3. The zero-order chi connectivity index (χ0) is 18.2. The Bertz CT molecular complexity index is 817. The third-order valence-corrected chi connectivity index (χ3v) is 3.80. The molecule has 0 unspecified atom stereocenters. The first kappa shape index (κ1) is 17.5. The molecule has 0 fully saturated rings. The van der Waals surface area contributed by atoms with Crippen molar-refractivity contribution in [2.75, 3.05) is 6.61 Å². The molecule has 3 rings (SSSR count). The molecule has 0 aliphatic carbocycles. The molecule has 26 heavy (non-hydrogen) atoms. The van der Waals surface area contributed by atoms with Gasteiger partial charge >= 0.3 is 5.97 Å². The van der Waals surface area contributed by atoms with E-state index >= 15 is 0 Å². The van der Waals surface area contributed by atoms with Crippen LogP contribution >= 0.6 is 0 Å². The van der Waals surface area contributed by atoms with Crippen molar-refractivity contribution in [3.8, 4) is 11.6 Å². The highest BCUT2D eigenvalue weighted by molar-refractivity contribution is 5.85. The number of hydrogen-bond donors (Lipinski definition) is 1. The summed E-state index contributed by atoms with van der Waals surface area (Å²) in [6, 6.07) is 7.05. The lowest BCUT2D eigenvalue weighted by molar-refractivity contribution is 0.0690. The molecule has 0 spiro atoms. The van der Waals surface area contributed by atoms with Gasteiger partial charge in [-0.1, -0.05) is 6.07 Å². The Morgan fingerprint density at radius 3 is 2.65 bits per heavy atom. The number of rotatable bonds is 9. The van der Waals surface area contributed by atoms with Gasteiger partial charge in [-0.15, -0.1) is 0 Å². The number of nitrogens with zero attached hydrogens (tertiary/aromatic N) is 5. The number of hydrogen-bond acceptors (Lipinski definition) is 6. The van der Waals surface area contributed by atoms with Crippen LogP contribution in [0, 0.1) is 0 Å². The predicted octanol–water partition coefficient (Wildman–Crippen LogP) is 2.55. The van der Waals surface area contributed by atoms with Gasteiger partial charge in [-0.25, -0.2) is 24.4 Å². The topological polar surface area (TPSA) is 103 Å². The van der Waals surface area contributed by atoms with E-state index in [9.17, 15) is 4.79 Å². The lowest BCUT2D eigenvalue weighted by atomic mass is 10.1. The van der Waals surface area contributed by atoms with Gasteiger partial charge in [0.1, 0.15) is 24.1 Å². The highest BCUT2D eigenvalue weighted by atomic mass is 16.5. The molecule has 134 valence electrons. The number of carboxylic acid groups (broad SMARTS) is 1. The molecule has 8 heteroatoms. The van der Waals surface area contributed by atoms with E-state index < -0.39 is 5.97 Å². The summed E-state index contributed by atoms with van der Waals surface area (Å²) in [5.74, 6) is 0.414. The largest absolute Gasteiger partial charge is 0.492 e. The average molecular weight is 353 g/mol. The normalized spacial score (nSPS) is 10.6. The molecule has 3 aromatic rings. The summed E-state index contributed by atoms with van der Waals surface area (Å²) in [5, 5.41) is 12.8. The van der Waals surface area contributed by atoms with Crippen molar-refractivity contribution in [2.24, 2.45) is 0 Å². The van der Waals surface area contributed by atoms with E-state index in [1.807, 2.05) is 18.2 Å². The van der Waals surface area contributed by atoms with Crippen LogP contribution in [0.1, 0.15) is 35.3 Å². The Hall–Kier alpha value is -3.29. The quantitative estimate of drug-likeness (QED) is 0.590. The maximum absolute atomic E-state index is 10.8. The van der Waals surface area contributed by atoms with Crippen molar-refractivity contribution < 1.29 is 14.6 Å². The molecule has 3 heterocycles. The first-order chi connectivity index (χ1) is 12.7. The Balaban J connectivity index is 1.33. The van der Waals surface area contributed by atoms with Crippen LogP contribution in [-0.2, 0) is 6.42 Å². The number of carboxylic acids is 1. The number of unbranched alkanes of at least 4 members (excludes halogenated alkanes) is 2. The van der Waals surface area contributed by atoms with Crippen LogP contribution in [0.5, 0.6) is 5.75 Å². The van der Waals surface area contributed by atoms with Crippen molar-refractivity contribution in [2.45, 2.75) is 25.7 Å².